The third-order valence-corrected chi connectivity index (χ3v) is 3.22. The monoisotopic (exact) mass is 201 g/mol. The molecule has 2 rings (SSSR count). The topological polar surface area (TPSA) is 12.0 Å². The molecule has 1 N–H and O–H groups in total. The SMILES string of the molecule is C=CC(NCC)C1CC1c1ccccc1. The second-order valence-electron chi connectivity index (χ2n) is 4.24. The van der Waals surface area contributed by atoms with Crippen molar-refractivity contribution in [2.45, 2.75) is 25.3 Å². The summed E-state index contributed by atoms with van der Waals surface area (Å²) in [5, 5.41) is 3.48. The lowest BCUT2D eigenvalue weighted by Crippen LogP contribution is -2.29. The first kappa shape index (κ1) is 10.4. The fourth-order valence-corrected chi connectivity index (χ4v) is 2.34. The lowest BCUT2D eigenvalue weighted by atomic mass is 10.1. The van der Waals surface area contributed by atoms with E-state index in [4.69, 9.17) is 0 Å². The van der Waals surface area contributed by atoms with Crippen LogP contribution in [-0.4, -0.2) is 12.6 Å². The molecule has 0 amide bonds. The quantitative estimate of drug-likeness (QED) is 0.722. The molecule has 80 valence electrons. The maximum atomic E-state index is 3.91. The van der Waals surface area contributed by atoms with Crippen molar-refractivity contribution >= 4 is 0 Å². The van der Waals surface area contributed by atoms with Crippen LogP contribution in [0.1, 0.15) is 24.8 Å². The number of likely N-dealkylation sites (N-methyl/N-ethyl adjacent to an activating group) is 1. The summed E-state index contributed by atoms with van der Waals surface area (Å²) in [4.78, 5) is 0. The highest BCUT2D eigenvalue weighted by molar-refractivity contribution is 5.27. The van der Waals surface area contributed by atoms with Crippen molar-refractivity contribution in [3.8, 4) is 0 Å². The predicted octanol–water partition coefficient (Wildman–Crippen LogP) is 2.95. The van der Waals surface area contributed by atoms with Gasteiger partial charge in [-0.25, -0.2) is 0 Å². The van der Waals surface area contributed by atoms with Gasteiger partial charge in [-0.2, -0.15) is 0 Å². The molecule has 1 saturated carbocycles. The van der Waals surface area contributed by atoms with E-state index in [0.29, 0.717) is 6.04 Å². The molecule has 0 aromatic heterocycles. The van der Waals surface area contributed by atoms with E-state index >= 15 is 0 Å². The van der Waals surface area contributed by atoms with Gasteiger partial charge in [0.25, 0.3) is 0 Å². The van der Waals surface area contributed by atoms with Gasteiger partial charge in [0.1, 0.15) is 0 Å². The van der Waals surface area contributed by atoms with Crippen molar-refractivity contribution in [2.75, 3.05) is 6.54 Å². The molecule has 0 aliphatic heterocycles. The molecule has 1 nitrogen and oxygen atoms in total. The van der Waals surface area contributed by atoms with E-state index in [1.165, 1.54) is 12.0 Å². The Morgan fingerprint density at radius 3 is 2.80 bits per heavy atom. The standard InChI is InChI=1S/C14H19N/c1-3-14(15-4-2)13-10-12(13)11-8-6-5-7-9-11/h3,5-9,12-15H,1,4,10H2,2H3. The molecule has 15 heavy (non-hydrogen) atoms. The van der Waals surface area contributed by atoms with E-state index in [2.05, 4.69) is 55.2 Å². The molecular weight excluding hydrogens is 182 g/mol. The van der Waals surface area contributed by atoms with Crippen LogP contribution in [0.2, 0.25) is 0 Å². The van der Waals surface area contributed by atoms with Gasteiger partial charge in [0.2, 0.25) is 0 Å². The van der Waals surface area contributed by atoms with E-state index in [9.17, 15) is 0 Å². The van der Waals surface area contributed by atoms with Crippen molar-refractivity contribution in [1.82, 2.24) is 5.32 Å². The van der Waals surface area contributed by atoms with Gasteiger partial charge in [0, 0.05) is 6.04 Å². The predicted molar refractivity (Wildman–Crippen MR) is 65.0 cm³/mol. The van der Waals surface area contributed by atoms with E-state index < -0.39 is 0 Å². The fraction of sp³-hybridized carbons (Fsp3) is 0.429. The van der Waals surface area contributed by atoms with Crippen LogP contribution in [0.25, 0.3) is 0 Å². The molecule has 1 aliphatic rings. The third kappa shape index (κ3) is 2.29. The molecule has 1 heteroatoms. The summed E-state index contributed by atoms with van der Waals surface area (Å²) in [6.07, 6.45) is 3.35. The van der Waals surface area contributed by atoms with Gasteiger partial charge in [0.15, 0.2) is 0 Å². The lowest BCUT2D eigenvalue weighted by Gasteiger charge is -2.12. The summed E-state index contributed by atoms with van der Waals surface area (Å²) in [6.45, 7) is 7.08. The Labute approximate surface area is 92.2 Å². The van der Waals surface area contributed by atoms with Crippen molar-refractivity contribution in [1.29, 1.82) is 0 Å². The minimum absolute atomic E-state index is 0.486. The van der Waals surface area contributed by atoms with Gasteiger partial charge in [-0.3, -0.25) is 0 Å². The van der Waals surface area contributed by atoms with Crippen LogP contribution in [0.3, 0.4) is 0 Å². The molecule has 0 heterocycles. The van der Waals surface area contributed by atoms with E-state index in [0.717, 1.165) is 18.4 Å². The first-order valence-corrected chi connectivity index (χ1v) is 5.77. The van der Waals surface area contributed by atoms with Crippen LogP contribution in [0.15, 0.2) is 43.0 Å². The number of nitrogens with one attached hydrogen (secondary N) is 1. The lowest BCUT2D eigenvalue weighted by molar-refractivity contribution is 0.548. The highest BCUT2D eigenvalue weighted by atomic mass is 14.9. The molecule has 1 fully saturated rings. The summed E-state index contributed by atoms with van der Waals surface area (Å²) >= 11 is 0. The maximum absolute atomic E-state index is 3.91. The zero-order chi connectivity index (χ0) is 10.7. The number of rotatable bonds is 5. The smallest absolute Gasteiger partial charge is 0.0281 e. The highest BCUT2D eigenvalue weighted by Crippen LogP contribution is 2.49. The zero-order valence-corrected chi connectivity index (χ0v) is 9.32. The van der Waals surface area contributed by atoms with Gasteiger partial charge in [-0.15, -0.1) is 6.58 Å². The van der Waals surface area contributed by atoms with Crippen LogP contribution in [0, 0.1) is 5.92 Å². The summed E-state index contributed by atoms with van der Waals surface area (Å²) in [6, 6.07) is 11.3. The van der Waals surface area contributed by atoms with Crippen LogP contribution < -0.4 is 5.32 Å². The van der Waals surface area contributed by atoms with Crippen molar-refractivity contribution in [3.63, 3.8) is 0 Å². The zero-order valence-electron chi connectivity index (χ0n) is 9.32. The summed E-state index contributed by atoms with van der Waals surface area (Å²) in [5.74, 6) is 1.50. The van der Waals surface area contributed by atoms with Crippen LogP contribution in [0.4, 0.5) is 0 Å². The van der Waals surface area contributed by atoms with Gasteiger partial charge in [-0.05, 0) is 30.4 Å². The number of benzene rings is 1. The first-order chi connectivity index (χ1) is 7.36. The van der Waals surface area contributed by atoms with Crippen LogP contribution in [0.5, 0.6) is 0 Å². The summed E-state index contributed by atoms with van der Waals surface area (Å²) in [5.41, 5.74) is 1.48. The van der Waals surface area contributed by atoms with Crippen LogP contribution in [-0.2, 0) is 0 Å². The molecule has 0 bridgehead atoms. The van der Waals surface area contributed by atoms with Gasteiger partial charge >= 0.3 is 0 Å². The van der Waals surface area contributed by atoms with Crippen molar-refractivity contribution in [2.24, 2.45) is 5.92 Å². The Balaban J connectivity index is 1.98. The Bertz CT molecular complexity index is 317. The third-order valence-electron chi connectivity index (χ3n) is 3.22. The van der Waals surface area contributed by atoms with E-state index in [-0.39, 0.29) is 0 Å². The molecule has 1 aliphatic carbocycles. The Hall–Kier alpha value is -1.08. The first-order valence-electron chi connectivity index (χ1n) is 5.77. The average Bonchev–Trinajstić information content (AvgIpc) is 3.07. The molecule has 1 aromatic rings. The second-order valence-corrected chi connectivity index (χ2v) is 4.24. The number of hydrogen-bond donors (Lipinski definition) is 1. The molecule has 0 radical (unpaired) electrons. The van der Waals surface area contributed by atoms with E-state index in [1.54, 1.807) is 0 Å². The Morgan fingerprint density at radius 2 is 2.20 bits per heavy atom. The molecule has 1 aromatic carbocycles. The molecule has 0 saturated heterocycles. The van der Waals surface area contributed by atoms with E-state index in [1.807, 2.05) is 0 Å². The number of hydrogen-bond acceptors (Lipinski definition) is 1. The minimum atomic E-state index is 0.486. The minimum Gasteiger partial charge on any atom is -0.311 e. The van der Waals surface area contributed by atoms with Gasteiger partial charge in [-0.1, -0.05) is 43.3 Å². The average molecular weight is 201 g/mol. The molecule has 3 unspecified atom stereocenters. The van der Waals surface area contributed by atoms with Gasteiger partial charge in [0.05, 0.1) is 0 Å². The van der Waals surface area contributed by atoms with Gasteiger partial charge < -0.3 is 5.32 Å². The van der Waals surface area contributed by atoms with Crippen molar-refractivity contribution < 1.29 is 0 Å². The van der Waals surface area contributed by atoms with Crippen LogP contribution >= 0.6 is 0 Å². The second kappa shape index (κ2) is 4.63. The maximum Gasteiger partial charge on any atom is 0.0281 e. The Kier molecular flexibility index (Phi) is 3.22. The summed E-state index contributed by atoms with van der Waals surface area (Å²) < 4.78 is 0. The largest absolute Gasteiger partial charge is 0.311 e. The molecule has 0 spiro atoms. The Morgan fingerprint density at radius 1 is 1.47 bits per heavy atom. The normalized spacial score (nSPS) is 25.9. The highest BCUT2D eigenvalue weighted by Gasteiger charge is 2.42. The molecular formula is C14H19N. The van der Waals surface area contributed by atoms with Crippen molar-refractivity contribution in [3.05, 3.63) is 48.6 Å². The molecule has 3 atom stereocenters. The summed E-state index contributed by atoms with van der Waals surface area (Å²) in [7, 11) is 0. The fourth-order valence-electron chi connectivity index (χ4n) is 2.34.